The molecule has 0 aliphatic rings. The van der Waals surface area contributed by atoms with Crippen molar-refractivity contribution in [2.24, 2.45) is 0 Å². The summed E-state index contributed by atoms with van der Waals surface area (Å²) in [7, 11) is 0. The predicted octanol–water partition coefficient (Wildman–Crippen LogP) is 4.92. The zero-order valence-electron chi connectivity index (χ0n) is 15.7. The smallest absolute Gasteiger partial charge is 0.261 e. The SMILES string of the molecule is Cc1ccc(-c2nn(Cc3ccccc3)cc2C(=O)Nc2nc(C)cs2)cc1. The quantitative estimate of drug-likeness (QED) is 0.528. The third kappa shape index (κ3) is 4.02. The number of hydrogen-bond acceptors (Lipinski definition) is 4. The van der Waals surface area contributed by atoms with Crippen LogP contribution >= 0.6 is 11.3 Å². The largest absolute Gasteiger partial charge is 0.298 e. The van der Waals surface area contributed by atoms with Gasteiger partial charge >= 0.3 is 0 Å². The molecule has 140 valence electrons. The fraction of sp³-hybridized carbons (Fsp3) is 0.136. The normalized spacial score (nSPS) is 10.8. The molecular weight excluding hydrogens is 368 g/mol. The number of carbonyl (C=O) groups is 1. The topological polar surface area (TPSA) is 59.8 Å². The molecule has 5 nitrogen and oxygen atoms in total. The highest BCUT2D eigenvalue weighted by atomic mass is 32.1. The lowest BCUT2D eigenvalue weighted by Gasteiger charge is -2.03. The molecule has 4 rings (SSSR count). The number of thiazole rings is 1. The molecule has 1 amide bonds. The maximum atomic E-state index is 13.0. The lowest BCUT2D eigenvalue weighted by Crippen LogP contribution is -2.12. The van der Waals surface area contributed by atoms with E-state index in [9.17, 15) is 4.79 Å². The van der Waals surface area contributed by atoms with Gasteiger partial charge in [-0.15, -0.1) is 11.3 Å². The van der Waals surface area contributed by atoms with E-state index in [1.807, 2.05) is 78.5 Å². The first kappa shape index (κ1) is 18.1. The second-order valence-corrected chi connectivity index (χ2v) is 7.55. The number of anilines is 1. The molecule has 0 radical (unpaired) electrons. The number of hydrogen-bond donors (Lipinski definition) is 1. The number of aromatic nitrogens is 3. The summed E-state index contributed by atoms with van der Waals surface area (Å²) < 4.78 is 1.81. The van der Waals surface area contributed by atoms with E-state index in [0.29, 0.717) is 22.9 Å². The van der Waals surface area contributed by atoms with Crippen LogP contribution in [-0.2, 0) is 6.54 Å². The molecule has 0 fully saturated rings. The molecule has 2 heterocycles. The van der Waals surface area contributed by atoms with Gasteiger partial charge in [-0.05, 0) is 19.4 Å². The molecule has 0 unspecified atom stereocenters. The van der Waals surface area contributed by atoms with E-state index >= 15 is 0 Å². The Morgan fingerprint density at radius 3 is 2.50 bits per heavy atom. The molecule has 4 aromatic rings. The van der Waals surface area contributed by atoms with Crippen molar-refractivity contribution < 1.29 is 4.79 Å². The highest BCUT2D eigenvalue weighted by Crippen LogP contribution is 2.25. The Bertz CT molecular complexity index is 1100. The molecule has 0 spiro atoms. The van der Waals surface area contributed by atoms with Crippen LogP contribution in [0.3, 0.4) is 0 Å². The summed E-state index contributed by atoms with van der Waals surface area (Å²) in [5.41, 5.74) is 5.30. The fourth-order valence-corrected chi connectivity index (χ4v) is 3.62. The van der Waals surface area contributed by atoms with Crippen LogP contribution in [0.2, 0.25) is 0 Å². The Labute approximate surface area is 167 Å². The van der Waals surface area contributed by atoms with E-state index in [-0.39, 0.29) is 5.91 Å². The van der Waals surface area contributed by atoms with Crippen molar-refractivity contribution in [3.05, 3.63) is 88.6 Å². The van der Waals surface area contributed by atoms with Gasteiger partial charge in [-0.3, -0.25) is 14.8 Å². The van der Waals surface area contributed by atoms with Gasteiger partial charge in [-0.2, -0.15) is 5.10 Å². The second kappa shape index (κ2) is 7.78. The Morgan fingerprint density at radius 1 is 1.07 bits per heavy atom. The van der Waals surface area contributed by atoms with E-state index in [1.165, 1.54) is 11.3 Å². The van der Waals surface area contributed by atoms with E-state index in [0.717, 1.165) is 22.4 Å². The van der Waals surface area contributed by atoms with Crippen molar-refractivity contribution in [3.63, 3.8) is 0 Å². The van der Waals surface area contributed by atoms with Crippen LogP contribution < -0.4 is 5.32 Å². The Kier molecular flexibility index (Phi) is 5.04. The van der Waals surface area contributed by atoms with Crippen molar-refractivity contribution in [2.45, 2.75) is 20.4 Å². The first-order chi connectivity index (χ1) is 13.6. The van der Waals surface area contributed by atoms with E-state index in [1.54, 1.807) is 6.20 Å². The van der Waals surface area contributed by atoms with E-state index in [4.69, 9.17) is 5.10 Å². The summed E-state index contributed by atoms with van der Waals surface area (Å²) in [5.74, 6) is -0.204. The van der Waals surface area contributed by atoms with Crippen molar-refractivity contribution in [2.75, 3.05) is 5.32 Å². The minimum absolute atomic E-state index is 0.204. The highest BCUT2D eigenvalue weighted by molar-refractivity contribution is 7.13. The number of nitrogens with zero attached hydrogens (tertiary/aromatic N) is 3. The van der Waals surface area contributed by atoms with Gasteiger partial charge in [0.25, 0.3) is 5.91 Å². The van der Waals surface area contributed by atoms with E-state index in [2.05, 4.69) is 10.3 Å². The molecular formula is C22H20N4OS. The number of aryl methyl sites for hydroxylation is 2. The van der Waals surface area contributed by atoms with Gasteiger partial charge in [-0.25, -0.2) is 4.98 Å². The first-order valence-electron chi connectivity index (χ1n) is 9.00. The van der Waals surface area contributed by atoms with Crippen LogP contribution in [0.25, 0.3) is 11.3 Å². The van der Waals surface area contributed by atoms with Crippen LogP contribution in [0.4, 0.5) is 5.13 Å². The van der Waals surface area contributed by atoms with Gasteiger partial charge in [-0.1, -0.05) is 60.2 Å². The highest BCUT2D eigenvalue weighted by Gasteiger charge is 2.19. The molecule has 1 N–H and O–H groups in total. The maximum absolute atomic E-state index is 13.0. The zero-order chi connectivity index (χ0) is 19.5. The first-order valence-corrected chi connectivity index (χ1v) is 9.88. The third-order valence-electron chi connectivity index (χ3n) is 4.36. The summed E-state index contributed by atoms with van der Waals surface area (Å²) in [4.78, 5) is 17.3. The zero-order valence-corrected chi connectivity index (χ0v) is 16.5. The summed E-state index contributed by atoms with van der Waals surface area (Å²) >= 11 is 1.42. The number of rotatable bonds is 5. The van der Waals surface area contributed by atoms with Crippen LogP contribution in [0.1, 0.15) is 27.2 Å². The molecule has 0 saturated heterocycles. The lowest BCUT2D eigenvalue weighted by molar-refractivity contribution is 0.102. The number of carbonyl (C=O) groups excluding carboxylic acids is 1. The van der Waals surface area contributed by atoms with Crippen molar-refractivity contribution in [1.82, 2.24) is 14.8 Å². The third-order valence-corrected chi connectivity index (χ3v) is 5.23. The van der Waals surface area contributed by atoms with Gasteiger partial charge in [0.1, 0.15) is 5.69 Å². The van der Waals surface area contributed by atoms with Crippen molar-refractivity contribution >= 4 is 22.4 Å². The van der Waals surface area contributed by atoms with Crippen LogP contribution in [0.5, 0.6) is 0 Å². The molecule has 2 aromatic heterocycles. The standard InChI is InChI=1S/C22H20N4OS/c1-15-8-10-18(11-9-15)20-19(21(27)24-22-23-16(2)14-28-22)13-26(25-20)12-17-6-4-3-5-7-17/h3-11,13-14H,12H2,1-2H3,(H,23,24,27). The number of amides is 1. The summed E-state index contributed by atoms with van der Waals surface area (Å²) in [5, 5.41) is 10.1. The molecule has 0 aliphatic heterocycles. The number of benzene rings is 2. The minimum Gasteiger partial charge on any atom is -0.298 e. The minimum atomic E-state index is -0.204. The molecule has 2 aromatic carbocycles. The van der Waals surface area contributed by atoms with E-state index < -0.39 is 0 Å². The summed E-state index contributed by atoms with van der Waals surface area (Å²) in [6.07, 6.45) is 1.80. The predicted molar refractivity (Wildman–Crippen MR) is 113 cm³/mol. The monoisotopic (exact) mass is 388 g/mol. The molecule has 28 heavy (non-hydrogen) atoms. The maximum Gasteiger partial charge on any atom is 0.261 e. The lowest BCUT2D eigenvalue weighted by atomic mass is 10.1. The van der Waals surface area contributed by atoms with Crippen LogP contribution in [0.15, 0.2) is 66.2 Å². The molecule has 6 heteroatoms. The second-order valence-electron chi connectivity index (χ2n) is 6.69. The summed E-state index contributed by atoms with van der Waals surface area (Å²) in [6.45, 7) is 4.54. The molecule has 0 aliphatic carbocycles. The molecule has 0 atom stereocenters. The average Bonchev–Trinajstić information content (AvgIpc) is 3.29. The average molecular weight is 388 g/mol. The van der Waals surface area contributed by atoms with Crippen molar-refractivity contribution in [3.8, 4) is 11.3 Å². The van der Waals surface area contributed by atoms with Gasteiger partial charge in [0, 0.05) is 17.1 Å². The Morgan fingerprint density at radius 2 is 1.82 bits per heavy atom. The molecule has 0 bridgehead atoms. The van der Waals surface area contributed by atoms with Crippen molar-refractivity contribution in [1.29, 1.82) is 0 Å². The number of nitrogens with one attached hydrogen (secondary N) is 1. The van der Waals surface area contributed by atoms with Crippen LogP contribution in [0, 0.1) is 13.8 Å². The Balaban J connectivity index is 1.69. The van der Waals surface area contributed by atoms with Gasteiger partial charge in [0.2, 0.25) is 0 Å². The summed E-state index contributed by atoms with van der Waals surface area (Å²) in [6, 6.07) is 18.1. The van der Waals surface area contributed by atoms with Crippen LogP contribution in [-0.4, -0.2) is 20.7 Å². The molecule has 0 saturated carbocycles. The van der Waals surface area contributed by atoms with Gasteiger partial charge in [0.05, 0.1) is 17.8 Å². The Hall–Kier alpha value is -3.25. The fourth-order valence-electron chi connectivity index (χ4n) is 2.94. The van der Waals surface area contributed by atoms with Gasteiger partial charge < -0.3 is 0 Å². The van der Waals surface area contributed by atoms with Gasteiger partial charge in [0.15, 0.2) is 5.13 Å².